The molecule has 1 aromatic heterocycles. The molecule has 0 spiro atoms. The van der Waals surface area contributed by atoms with Crippen molar-refractivity contribution in [3.63, 3.8) is 0 Å². The molecule has 6 rings (SSSR count). The summed E-state index contributed by atoms with van der Waals surface area (Å²) in [5, 5.41) is 11.3. The maximum atomic E-state index is 13.6. The van der Waals surface area contributed by atoms with Crippen LogP contribution in [0, 0.1) is 6.92 Å². The Morgan fingerprint density at radius 1 is 1.00 bits per heavy atom. The number of fused-ring (bicyclic) bond motifs is 4. The van der Waals surface area contributed by atoms with Gasteiger partial charge < -0.3 is 10.1 Å². The van der Waals surface area contributed by atoms with Crippen molar-refractivity contribution in [2.24, 2.45) is 0 Å². The first-order valence-electron chi connectivity index (χ1n) is 12.6. The van der Waals surface area contributed by atoms with E-state index in [0.717, 1.165) is 51.7 Å². The molecule has 2 aliphatic heterocycles. The highest BCUT2D eigenvalue weighted by Gasteiger charge is 2.52. The lowest BCUT2D eigenvalue weighted by Crippen LogP contribution is -2.44. The van der Waals surface area contributed by atoms with Crippen LogP contribution in [-0.4, -0.2) is 44.4 Å². The molecule has 2 atom stereocenters. The number of urea groups is 1. The number of nitrogens with zero attached hydrogens (tertiary/aromatic N) is 2. The molecular weight excluding hydrogens is 450 g/mol. The van der Waals surface area contributed by atoms with Crippen molar-refractivity contribution in [3.8, 4) is 16.9 Å². The number of phenols is 1. The Bertz CT molecular complexity index is 1490. The fourth-order valence-corrected chi connectivity index (χ4v) is 5.67. The number of imide groups is 1. The van der Waals surface area contributed by atoms with Crippen LogP contribution in [-0.2, 0) is 11.2 Å². The molecule has 4 aromatic rings. The van der Waals surface area contributed by atoms with Crippen LogP contribution in [0.5, 0.6) is 5.75 Å². The summed E-state index contributed by atoms with van der Waals surface area (Å²) in [5.74, 6) is 0.00282. The van der Waals surface area contributed by atoms with Gasteiger partial charge in [0.15, 0.2) is 0 Å². The Morgan fingerprint density at radius 3 is 2.53 bits per heavy atom. The number of aromatic nitrogens is 1. The lowest BCUT2D eigenvalue weighted by atomic mass is 9.88. The highest BCUT2D eigenvalue weighted by atomic mass is 16.3. The molecule has 3 aromatic carbocycles. The molecular formula is C30H29N3O3. The number of hydrogen-bond acceptors (Lipinski definition) is 3. The number of nitrogens with one attached hydrogen (secondary N) is 1. The third kappa shape index (κ3) is 3.48. The van der Waals surface area contributed by atoms with Crippen molar-refractivity contribution < 1.29 is 14.7 Å². The van der Waals surface area contributed by atoms with Crippen LogP contribution < -0.4 is 0 Å². The van der Waals surface area contributed by atoms with Gasteiger partial charge in [0.1, 0.15) is 17.8 Å². The Kier molecular flexibility index (Phi) is 5.32. The van der Waals surface area contributed by atoms with Crippen LogP contribution in [0.4, 0.5) is 4.79 Å². The number of H-pyrrole nitrogens is 1. The number of rotatable bonds is 5. The molecule has 0 unspecified atom stereocenters. The summed E-state index contributed by atoms with van der Waals surface area (Å²) in [7, 11) is 0. The topological polar surface area (TPSA) is 76.6 Å². The van der Waals surface area contributed by atoms with E-state index in [1.165, 1.54) is 10.5 Å². The number of phenolic OH excluding ortho intramolecular Hbond substituents is 1. The monoisotopic (exact) mass is 479 g/mol. The van der Waals surface area contributed by atoms with Gasteiger partial charge >= 0.3 is 6.03 Å². The van der Waals surface area contributed by atoms with Crippen molar-refractivity contribution >= 4 is 22.8 Å². The van der Waals surface area contributed by atoms with Gasteiger partial charge in [-0.25, -0.2) is 4.79 Å². The highest BCUT2D eigenvalue weighted by Crippen LogP contribution is 2.45. The first kappa shape index (κ1) is 22.4. The molecule has 0 aliphatic carbocycles. The van der Waals surface area contributed by atoms with E-state index in [1.54, 1.807) is 23.1 Å². The van der Waals surface area contributed by atoms with Crippen molar-refractivity contribution in [1.82, 2.24) is 14.8 Å². The Balaban J connectivity index is 1.51. The van der Waals surface area contributed by atoms with E-state index < -0.39 is 12.1 Å². The summed E-state index contributed by atoms with van der Waals surface area (Å²) in [5.41, 5.74) is 7.19. The minimum absolute atomic E-state index is 0.131. The van der Waals surface area contributed by atoms with Gasteiger partial charge in [0.25, 0.3) is 5.91 Å². The summed E-state index contributed by atoms with van der Waals surface area (Å²) in [6, 6.07) is 20.5. The van der Waals surface area contributed by atoms with Crippen LogP contribution in [0.15, 0.2) is 66.7 Å². The van der Waals surface area contributed by atoms with Crippen molar-refractivity contribution in [1.29, 1.82) is 0 Å². The van der Waals surface area contributed by atoms with E-state index in [2.05, 4.69) is 61.3 Å². The number of hydrogen-bond donors (Lipinski definition) is 2. The van der Waals surface area contributed by atoms with Gasteiger partial charge in [0, 0.05) is 29.6 Å². The molecule has 3 amide bonds. The summed E-state index contributed by atoms with van der Waals surface area (Å²) in [6.07, 6.45) is 2.15. The Hall–Kier alpha value is -4.06. The normalized spacial score (nSPS) is 19.2. The van der Waals surface area contributed by atoms with E-state index in [9.17, 15) is 14.7 Å². The van der Waals surface area contributed by atoms with E-state index in [0.29, 0.717) is 13.0 Å². The molecule has 182 valence electrons. The van der Waals surface area contributed by atoms with Gasteiger partial charge in [-0.3, -0.25) is 14.6 Å². The van der Waals surface area contributed by atoms with E-state index in [1.807, 2.05) is 6.07 Å². The van der Waals surface area contributed by atoms with Crippen LogP contribution in [0.25, 0.3) is 22.0 Å². The van der Waals surface area contributed by atoms with Gasteiger partial charge in [-0.1, -0.05) is 61.4 Å². The zero-order valence-corrected chi connectivity index (χ0v) is 20.5. The zero-order chi connectivity index (χ0) is 25.0. The number of unbranched alkanes of at least 4 members (excludes halogenated alkanes) is 1. The summed E-state index contributed by atoms with van der Waals surface area (Å²) >= 11 is 0. The van der Waals surface area contributed by atoms with Crippen molar-refractivity contribution in [3.05, 3.63) is 89.1 Å². The predicted molar refractivity (Wildman–Crippen MR) is 140 cm³/mol. The fraction of sp³-hybridized carbons (Fsp3) is 0.267. The minimum atomic E-state index is -0.559. The maximum Gasteiger partial charge on any atom is 0.328 e. The third-order valence-electron chi connectivity index (χ3n) is 7.53. The molecule has 2 N–H and O–H groups in total. The lowest BCUT2D eigenvalue weighted by molar-refractivity contribution is -0.128. The zero-order valence-electron chi connectivity index (χ0n) is 20.5. The van der Waals surface area contributed by atoms with Gasteiger partial charge in [0.05, 0.1) is 0 Å². The number of aromatic hydroxyl groups is 1. The lowest BCUT2D eigenvalue weighted by Gasteiger charge is -2.36. The number of carbonyl (C=O) groups is 2. The summed E-state index contributed by atoms with van der Waals surface area (Å²) in [6.45, 7) is 4.56. The average Bonchev–Trinajstić information content (AvgIpc) is 3.36. The summed E-state index contributed by atoms with van der Waals surface area (Å²) < 4.78 is 0. The van der Waals surface area contributed by atoms with E-state index in [-0.39, 0.29) is 17.7 Å². The molecule has 2 aliphatic rings. The average molecular weight is 480 g/mol. The fourth-order valence-electron chi connectivity index (χ4n) is 5.67. The molecule has 0 radical (unpaired) electrons. The quantitative estimate of drug-likeness (QED) is 0.349. The Labute approximate surface area is 210 Å². The largest absolute Gasteiger partial charge is 0.508 e. The van der Waals surface area contributed by atoms with Crippen molar-refractivity contribution in [2.45, 2.75) is 45.2 Å². The molecule has 36 heavy (non-hydrogen) atoms. The van der Waals surface area contributed by atoms with Gasteiger partial charge in [-0.15, -0.1) is 0 Å². The highest BCUT2D eigenvalue weighted by molar-refractivity contribution is 6.06. The van der Waals surface area contributed by atoms with Gasteiger partial charge in [-0.05, 0) is 59.9 Å². The smallest absolute Gasteiger partial charge is 0.328 e. The number of carbonyl (C=O) groups excluding carboxylic acids is 2. The number of aromatic amines is 1. The molecule has 0 saturated carbocycles. The van der Waals surface area contributed by atoms with Gasteiger partial charge in [-0.2, -0.15) is 0 Å². The first-order chi connectivity index (χ1) is 17.5. The predicted octanol–water partition coefficient (Wildman–Crippen LogP) is 5.93. The third-order valence-corrected chi connectivity index (χ3v) is 7.53. The molecule has 3 heterocycles. The molecule has 6 nitrogen and oxygen atoms in total. The second-order valence-electron chi connectivity index (χ2n) is 9.89. The van der Waals surface area contributed by atoms with E-state index in [4.69, 9.17) is 0 Å². The van der Waals surface area contributed by atoms with Gasteiger partial charge in [0.2, 0.25) is 0 Å². The van der Waals surface area contributed by atoms with Crippen LogP contribution in [0.2, 0.25) is 0 Å². The Morgan fingerprint density at radius 2 is 1.78 bits per heavy atom. The maximum absolute atomic E-state index is 13.6. The standard InChI is InChI=1S/C30H29N3O3/c1-3-4-14-32-29(35)26-17-24-23-16-20(19-10-8-18(2)9-11-19)12-13-25(23)31-27(24)28(33(26)30(32)36)21-6-5-7-22(34)15-21/h5-13,15-16,26,28,31,34H,3-4,14,17H2,1-2H3/t26-,28+/m0/s1. The molecule has 1 saturated heterocycles. The number of amides is 3. The van der Waals surface area contributed by atoms with Crippen LogP contribution >= 0.6 is 0 Å². The molecule has 1 fully saturated rings. The second-order valence-corrected chi connectivity index (χ2v) is 9.89. The number of benzene rings is 3. The molecule has 6 heteroatoms. The molecule has 0 bridgehead atoms. The SMILES string of the molecule is CCCCN1C(=O)[C@@H]2Cc3c([nH]c4ccc(-c5ccc(C)cc5)cc34)[C@@H](c3cccc(O)c3)N2C1=O. The second kappa shape index (κ2) is 8.55. The number of aryl methyl sites for hydroxylation is 1. The van der Waals surface area contributed by atoms with Crippen molar-refractivity contribution in [2.75, 3.05) is 6.54 Å². The van der Waals surface area contributed by atoms with Crippen LogP contribution in [0.3, 0.4) is 0 Å². The van der Waals surface area contributed by atoms with E-state index >= 15 is 0 Å². The van der Waals surface area contributed by atoms with Crippen LogP contribution in [0.1, 0.15) is 48.2 Å². The first-order valence-corrected chi connectivity index (χ1v) is 12.6. The minimum Gasteiger partial charge on any atom is -0.508 e. The summed E-state index contributed by atoms with van der Waals surface area (Å²) in [4.78, 5) is 33.8.